The number of hydrogen-bond acceptors (Lipinski definition) is 3. The van der Waals surface area contributed by atoms with Gasteiger partial charge in [0.15, 0.2) is 0 Å². The Morgan fingerprint density at radius 2 is 2.14 bits per heavy atom. The smallest absolute Gasteiger partial charge is 0.146 e. The first kappa shape index (κ1) is 14.9. The first-order valence-electron chi connectivity index (χ1n) is 7.15. The highest BCUT2D eigenvalue weighted by Crippen LogP contribution is 2.35. The van der Waals surface area contributed by atoms with Crippen LogP contribution in [0.15, 0.2) is 18.2 Å². The van der Waals surface area contributed by atoms with Crippen LogP contribution in [0.3, 0.4) is 0 Å². The summed E-state index contributed by atoms with van der Waals surface area (Å²) in [5, 5.41) is -0.172. The molecule has 1 aliphatic heterocycles. The standard InChI is InChI=1S/C15H19ClN2O2S/c1-10(16)15-17-14-12(4-3-5-13(14)20-2)18(15)11-6-8-21(19)9-7-11/h3-5,10-11H,6-9H2,1-2H3. The van der Waals surface area contributed by atoms with Gasteiger partial charge in [0.1, 0.15) is 17.1 Å². The molecule has 0 saturated carbocycles. The second-order valence-electron chi connectivity index (χ2n) is 5.36. The highest BCUT2D eigenvalue weighted by atomic mass is 35.5. The SMILES string of the molecule is COc1cccc2c1nc(C(C)Cl)n2C1CCS(=O)CC1. The minimum Gasteiger partial charge on any atom is -0.494 e. The lowest BCUT2D eigenvalue weighted by atomic mass is 10.1. The van der Waals surface area contributed by atoms with Crippen molar-refractivity contribution >= 4 is 33.4 Å². The van der Waals surface area contributed by atoms with E-state index in [1.54, 1.807) is 7.11 Å². The number of hydrogen-bond donors (Lipinski definition) is 0. The molecule has 0 amide bonds. The lowest BCUT2D eigenvalue weighted by Gasteiger charge is -2.25. The molecule has 4 nitrogen and oxygen atoms in total. The average molecular weight is 327 g/mol. The van der Waals surface area contributed by atoms with Crippen LogP contribution in [0.4, 0.5) is 0 Å². The first-order valence-corrected chi connectivity index (χ1v) is 9.08. The summed E-state index contributed by atoms with van der Waals surface area (Å²) in [4.78, 5) is 4.71. The highest BCUT2D eigenvalue weighted by Gasteiger charge is 2.26. The molecule has 6 heteroatoms. The number of alkyl halides is 1. The number of imidazole rings is 1. The van der Waals surface area contributed by atoms with Crippen molar-refractivity contribution in [3.8, 4) is 5.75 Å². The summed E-state index contributed by atoms with van der Waals surface area (Å²) in [6.07, 6.45) is 1.82. The van der Waals surface area contributed by atoms with Crippen molar-refractivity contribution in [3.63, 3.8) is 0 Å². The molecule has 1 aromatic heterocycles. The third-order valence-electron chi connectivity index (χ3n) is 4.01. The number of rotatable bonds is 3. The van der Waals surface area contributed by atoms with E-state index in [0.29, 0.717) is 6.04 Å². The number of para-hydroxylation sites is 1. The first-order chi connectivity index (χ1) is 10.1. The molecular weight excluding hydrogens is 308 g/mol. The van der Waals surface area contributed by atoms with Crippen LogP contribution in [0.2, 0.25) is 0 Å². The molecule has 1 unspecified atom stereocenters. The van der Waals surface area contributed by atoms with Gasteiger partial charge in [-0.05, 0) is 31.9 Å². The Balaban J connectivity index is 2.14. The lowest BCUT2D eigenvalue weighted by molar-refractivity contribution is 0.419. The van der Waals surface area contributed by atoms with E-state index in [1.807, 2.05) is 19.1 Å². The quantitative estimate of drug-likeness (QED) is 0.812. The molecular formula is C15H19ClN2O2S. The zero-order chi connectivity index (χ0) is 15.0. The lowest BCUT2D eigenvalue weighted by Crippen LogP contribution is -2.23. The van der Waals surface area contributed by atoms with Crippen LogP contribution in [0.1, 0.15) is 37.0 Å². The number of aromatic nitrogens is 2. The van der Waals surface area contributed by atoms with Crippen LogP contribution in [-0.2, 0) is 10.8 Å². The molecule has 0 aliphatic carbocycles. The van der Waals surface area contributed by atoms with E-state index in [4.69, 9.17) is 21.3 Å². The third-order valence-corrected chi connectivity index (χ3v) is 5.59. The Hall–Kier alpha value is -1.07. The molecule has 0 N–H and O–H groups in total. The molecule has 1 atom stereocenters. The zero-order valence-electron chi connectivity index (χ0n) is 12.2. The fourth-order valence-electron chi connectivity index (χ4n) is 2.98. The van der Waals surface area contributed by atoms with Crippen LogP contribution in [0.25, 0.3) is 11.0 Å². The summed E-state index contributed by atoms with van der Waals surface area (Å²) in [6, 6.07) is 6.26. The van der Waals surface area contributed by atoms with E-state index in [1.165, 1.54) is 0 Å². The number of benzene rings is 1. The molecule has 2 heterocycles. The van der Waals surface area contributed by atoms with Crippen molar-refractivity contribution in [3.05, 3.63) is 24.0 Å². The van der Waals surface area contributed by atoms with Gasteiger partial charge < -0.3 is 9.30 Å². The Labute approximate surface area is 131 Å². The van der Waals surface area contributed by atoms with Gasteiger partial charge in [0, 0.05) is 28.3 Å². The van der Waals surface area contributed by atoms with E-state index >= 15 is 0 Å². The maximum absolute atomic E-state index is 11.6. The summed E-state index contributed by atoms with van der Waals surface area (Å²) in [5.41, 5.74) is 1.91. The summed E-state index contributed by atoms with van der Waals surface area (Å²) < 4.78 is 19.2. The zero-order valence-corrected chi connectivity index (χ0v) is 13.8. The van der Waals surface area contributed by atoms with Crippen LogP contribution >= 0.6 is 11.6 Å². The second-order valence-corrected chi connectivity index (χ2v) is 7.71. The summed E-state index contributed by atoms with van der Waals surface area (Å²) >= 11 is 6.34. The molecule has 1 fully saturated rings. The van der Waals surface area contributed by atoms with Crippen molar-refractivity contribution in [1.82, 2.24) is 9.55 Å². The number of nitrogens with zero attached hydrogens (tertiary/aromatic N) is 2. The molecule has 1 saturated heterocycles. The third kappa shape index (κ3) is 2.69. The van der Waals surface area contributed by atoms with E-state index in [2.05, 4.69) is 10.6 Å². The van der Waals surface area contributed by atoms with Crippen LogP contribution < -0.4 is 4.74 Å². The van der Waals surface area contributed by atoms with Crippen LogP contribution in [0, 0.1) is 0 Å². The van der Waals surface area contributed by atoms with E-state index in [-0.39, 0.29) is 5.38 Å². The number of ether oxygens (including phenoxy) is 1. The maximum Gasteiger partial charge on any atom is 0.146 e. The Morgan fingerprint density at radius 1 is 1.43 bits per heavy atom. The average Bonchev–Trinajstić information content (AvgIpc) is 2.87. The molecule has 2 aromatic rings. The highest BCUT2D eigenvalue weighted by molar-refractivity contribution is 7.85. The van der Waals surface area contributed by atoms with Crippen LogP contribution in [-0.4, -0.2) is 32.4 Å². The molecule has 114 valence electrons. The fourth-order valence-corrected chi connectivity index (χ4v) is 4.41. The normalized spacial score (nSPS) is 24.1. The van der Waals surface area contributed by atoms with Crippen molar-refractivity contribution in [2.24, 2.45) is 0 Å². The summed E-state index contributed by atoms with van der Waals surface area (Å²) in [5.74, 6) is 3.15. The van der Waals surface area contributed by atoms with Gasteiger partial charge in [-0.25, -0.2) is 4.98 Å². The summed E-state index contributed by atoms with van der Waals surface area (Å²) in [7, 11) is 0.983. The minimum absolute atomic E-state index is 0.172. The molecule has 0 bridgehead atoms. The maximum atomic E-state index is 11.6. The van der Waals surface area contributed by atoms with E-state index < -0.39 is 10.8 Å². The van der Waals surface area contributed by atoms with Gasteiger partial charge in [-0.15, -0.1) is 11.6 Å². The van der Waals surface area contributed by atoms with E-state index in [9.17, 15) is 4.21 Å². The largest absolute Gasteiger partial charge is 0.494 e. The van der Waals surface area contributed by atoms with Crippen molar-refractivity contribution in [1.29, 1.82) is 0 Å². The number of fused-ring (bicyclic) bond motifs is 1. The molecule has 0 radical (unpaired) electrons. The number of halogens is 1. The van der Waals surface area contributed by atoms with Gasteiger partial charge in [-0.1, -0.05) is 6.07 Å². The topological polar surface area (TPSA) is 44.1 Å². The van der Waals surface area contributed by atoms with Gasteiger partial charge in [0.2, 0.25) is 0 Å². The monoisotopic (exact) mass is 326 g/mol. The van der Waals surface area contributed by atoms with Gasteiger partial charge >= 0.3 is 0 Å². The predicted molar refractivity (Wildman–Crippen MR) is 86.7 cm³/mol. The van der Waals surface area contributed by atoms with Crippen molar-refractivity contribution in [2.75, 3.05) is 18.6 Å². The fraction of sp³-hybridized carbons (Fsp3) is 0.533. The van der Waals surface area contributed by atoms with Gasteiger partial charge in [0.25, 0.3) is 0 Å². The van der Waals surface area contributed by atoms with Gasteiger partial charge in [-0.2, -0.15) is 0 Å². The molecule has 3 rings (SSSR count). The Kier molecular flexibility index (Phi) is 4.22. The predicted octanol–water partition coefficient (Wildman–Crippen LogP) is 3.43. The molecule has 1 aromatic carbocycles. The summed E-state index contributed by atoms with van der Waals surface area (Å²) in [6.45, 7) is 1.94. The van der Waals surface area contributed by atoms with Gasteiger partial charge in [-0.3, -0.25) is 4.21 Å². The molecule has 1 aliphatic rings. The van der Waals surface area contributed by atoms with E-state index in [0.717, 1.165) is 47.0 Å². The second kappa shape index (κ2) is 5.97. The van der Waals surface area contributed by atoms with Crippen molar-refractivity contribution in [2.45, 2.75) is 31.2 Å². The molecule has 21 heavy (non-hydrogen) atoms. The number of methoxy groups -OCH3 is 1. The Morgan fingerprint density at radius 3 is 2.76 bits per heavy atom. The minimum atomic E-state index is -0.671. The van der Waals surface area contributed by atoms with Gasteiger partial charge in [0.05, 0.1) is 18.0 Å². The molecule has 0 spiro atoms. The van der Waals surface area contributed by atoms with Crippen LogP contribution in [0.5, 0.6) is 5.75 Å². The Bertz CT molecular complexity index is 674. The van der Waals surface area contributed by atoms with Crippen molar-refractivity contribution < 1.29 is 8.95 Å².